The molecule has 1 fully saturated rings. The average Bonchev–Trinajstić information content (AvgIpc) is 2.56. The Kier molecular flexibility index (Phi) is 4.53. The summed E-state index contributed by atoms with van der Waals surface area (Å²) in [5.74, 6) is 0.859. The van der Waals surface area contributed by atoms with Gasteiger partial charge < -0.3 is 15.0 Å². The largest absolute Gasteiger partial charge is 0.378 e. The number of hydrogen-bond acceptors (Lipinski definition) is 5. The van der Waals surface area contributed by atoms with Gasteiger partial charge in [0, 0.05) is 36.6 Å². The first-order valence-corrected chi connectivity index (χ1v) is 7.70. The van der Waals surface area contributed by atoms with Gasteiger partial charge in [-0.15, -0.1) is 0 Å². The number of nitrogens with zero attached hydrogens (tertiary/aromatic N) is 3. The van der Waals surface area contributed by atoms with Crippen LogP contribution in [0.4, 0.5) is 11.5 Å². The molecule has 0 amide bonds. The molecule has 1 aromatic heterocycles. The number of ether oxygens (including phenoxy) is 1. The van der Waals surface area contributed by atoms with Crippen LogP contribution in [0, 0.1) is 6.92 Å². The highest BCUT2D eigenvalue weighted by Gasteiger charge is 2.12. The Morgan fingerprint density at radius 1 is 1.14 bits per heavy atom. The lowest BCUT2D eigenvalue weighted by molar-refractivity contribution is 0.122. The van der Waals surface area contributed by atoms with Gasteiger partial charge in [0.2, 0.25) is 0 Å². The van der Waals surface area contributed by atoms with Crippen LogP contribution in [-0.2, 0) is 4.74 Å². The molecule has 0 radical (unpaired) electrons. The van der Waals surface area contributed by atoms with E-state index in [1.54, 1.807) is 6.33 Å². The predicted molar refractivity (Wildman–Crippen MR) is 88.3 cm³/mol. The molecule has 1 aromatic carbocycles. The molecule has 0 spiro atoms. The molecule has 1 saturated heterocycles. The summed E-state index contributed by atoms with van der Waals surface area (Å²) in [6.45, 7) is 7.66. The molecule has 3 rings (SSSR count). The Labute approximate surface area is 131 Å². The van der Waals surface area contributed by atoms with Crippen LogP contribution in [0.2, 0.25) is 0 Å². The van der Waals surface area contributed by atoms with E-state index in [-0.39, 0.29) is 6.04 Å². The molecule has 1 atom stereocenters. The van der Waals surface area contributed by atoms with Gasteiger partial charge in [-0.25, -0.2) is 9.97 Å². The summed E-state index contributed by atoms with van der Waals surface area (Å²) in [5.41, 5.74) is 3.47. The molecule has 5 nitrogen and oxygen atoms in total. The zero-order valence-corrected chi connectivity index (χ0v) is 13.1. The third-order valence-corrected chi connectivity index (χ3v) is 3.94. The summed E-state index contributed by atoms with van der Waals surface area (Å²) < 4.78 is 5.40. The zero-order chi connectivity index (χ0) is 15.4. The fourth-order valence-corrected chi connectivity index (χ4v) is 2.63. The third kappa shape index (κ3) is 3.54. The normalized spacial score (nSPS) is 16.4. The molecule has 1 N–H and O–H groups in total. The molecule has 116 valence electrons. The first-order chi connectivity index (χ1) is 10.7. The van der Waals surface area contributed by atoms with Crippen molar-refractivity contribution in [3.05, 3.63) is 47.9 Å². The molecule has 2 heterocycles. The van der Waals surface area contributed by atoms with E-state index < -0.39 is 0 Å². The number of aryl methyl sites for hydroxylation is 1. The lowest BCUT2D eigenvalue weighted by Crippen LogP contribution is -2.36. The van der Waals surface area contributed by atoms with Crippen LogP contribution in [-0.4, -0.2) is 36.3 Å². The van der Waals surface area contributed by atoms with E-state index >= 15 is 0 Å². The second kappa shape index (κ2) is 6.75. The Hall–Kier alpha value is -2.14. The molecule has 0 aliphatic carbocycles. The van der Waals surface area contributed by atoms with Crippen molar-refractivity contribution < 1.29 is 4.74 Å². The minimum absolute atomic E-state index is 0.202. The van der Waals surface area contributed by atoms with E-state index in [0.29, 0.717) is 0 Å². The predicted octanol–water partition coefficient (Wildman–Crippen LogP) is 2.79. The topological polar surface area (TPSA) is 50.3 Å². The highest BCUT2D eigenvalue weighted by atomic mass is 16.5. The second-order valence-corrected chi connectivity index (χ2v) is 5.60. The van der Waals surface area contributed by atoms with Gasteiger partial charge in [0.05, 0.1) is 13.2 Å². The van der Waals surface area contributed by atoms with Crippen molar-refractivity contribution in [3.63, 3.8) is 0 Å². The van der Waals surface area contributed by atoms with E-state index in [1.807, 2.05) is 13.0 Å². The van der Waals surface area contributed by atoms with E-state index in [1.165, 1.54) is 11.3 Å². The van der Waals surface area contributed by atoms with Crippen LogP contribution in [0.3, 0.4) is 0 Å². The number of rotatable bonds is 4. The van der Waals surface area contributed by atoms with Gasteiger partial charge in [0.15, 0.2) is 0 Å². The maximum Gasteiger partial charge on any atom is 0.130 e. The van der Waals surface area contributed by atoms with Gasteiger partial charge >= 0.3 is 0 Å². The van der Waals surface area contributed by atoms with E-state index in [0.717, 1.165) is 37.8 Å². The summed E-state index contributed by atoms with van der Waals surface area (Å²) in [6.07, 6.45) is 1.59. The number of aromatic nitrogens is 2. The molecule has 1 aliphatic rings. The Balaban J connectivity index is 1.66. The standard InChI is InChI=1S/C17H22N4O/c1-13-11-17(19-12-18-13)20-14(2)15-3-5-16(6-4-15)21-7-9-22-10-8-21/h3-6,11-12,14H,7-10H2,1-2H3,(H,18,19,20). The van der Waals surface area contributed by atoms with Gasteiger partial charge in [-0.3, -0.25) is 0 Å². The van der Waals surface area contributed by atoms with Crippen LogP contribution in [0.15, 0.2) is 36.7 Å². The molecular weight excluding hydrogens is 276 g/mol. The van der Waals surface area contributed by atoms with Gasteiger partial charge in [0.1, 0.15) is 12.1 Å². The fraction of sp³-hybridized carbons (Fsp3) is 0.412. The van der Waals surface area contributed by atoms with Gasteiger partial charge in [-0.05, 0) is 31.5 Å². The number of benzene rings is 1. The average molecular weight is 298 g/mol. The molecule has 1 aliphatic heterocycles. The van der Waals surface area contributed by atoms with Crippen molar-refractivity contribution >= 4 is 11.5 Å². The van der Waals surface area contributed by atoms with E-state index in [2.05, 4.69) is 51.4 Å². The summed E-state index contributed by atoms with van der Waals surface area (Å²) in [7, 11) is 0. The molecule has 5 heteroatoms. The van der Waals surface area contributed by atoms with Crippen molar-refractivity contribution in [1.29, 1.82) is 0 Å². The van der Waals surface area contributed by atoms with Crippen molar-refractivity contribution in [2.75, 3.05) is 36.5 Å². The quantitative estimate of drug-likeness (QED) is 0.940. The molecule has 0 bridgehead atoms. The Morgan fingerprint density at radius 2 is 1.86 bits per heavy atom. The summed E-state index contributed by atoms with van der Waals surface area (Å²) in [5, 5.41) is 3.41. The molecular formula is C17H22N4O. The first kappa shape index (κ1) is 14.8. The maximum atomic E-state index is 5.40. The molecule has 0 saturated carbocycles. The number of nitrogens with one attached hydrogen (secondary N) is 1. The van der Waals surface area contributed by atoms with Gasteiger partial charge in [0.25, 0.3) is 0 Å². The Morgan fingerprint density at radius 3 is 2.55 bits per heavy atom. The zero-order valence-electron chi connectivity index (χ0n) is 13.1. The van der Waals surface area contributed by atoms with Crippen molar-refractivity contribution in [2.24, 2.45) is 0 Å². The van der Waals surface area contributed by atoms with Crippen LogP contribution < -0.4 is 10.2 Å². The minimum atomic E-state index is 0.202. The monoisotopic (exact) mass is 298 g/mol. The van der Waals surface area contributed by atoms with E-state index in [9.17, 15) is 0 Å². The first-order valence-electron chi connectivity index (χ1n) is 7.70. The van der Waals surface area contributed by atoms with Crippen LogP contribution in [0.1, 0.15) is 24.2 Å². The lowest BCUT2D eigenvalue weighted by Gasteiger charge is -2.29. The molecule has 22 heavy (non-hydrogen) atoms. The number of anilines is 2. The van der Waals surface area contributed by atoms with E-state index in [4.69, 9.17) is 4.74 Å². The van der Waals surface area contributed by atoms with Crippen LogP contribution in [0.25, 0.3) is 0 Å². The maximum absolute atomic E-state index is 5.40. The van der Waals surface area contributed by atoms with Crippen LogP contribution in [0.5, 0.6) is 0 Å². The van der Waals surface area contributed by atoms with Crippen LogP contribution >= 0.6 is 0 Å². The molecule has 2 aromatic rings. The highest BCUT2D eigenvalue weighted by molar-refractivity contribution is 5.49. The van der Waals surface area contributed by atoms with Crippen molar-refractivity contribution in [1.82, 2.24) is 9.97 Å². The summed E-state index contributed by atoms with van der Waals surface area (Å²) in [4.78, 5) is 10.7. The SMILES string of the molecule is Cc1cc(NC(C)c2ccc(N3CCOCC3)cc2)ncn1. The summed E-state index contributed by atoms with van der Waals surface area (Å²) in [6, 6.07) is 10.9. The van der Waals surface area contributed by atoms with Gasteiger partial charge in [-0.2, -0.15) is 0 Å². The number of morpholine rings is 1. The lowest BCUT2D eigenvalue weighted by atomic mass is 10.1. The third-order valence-electron chi connectivity index (χ3n) is 3.94. The summed E-state index contributed by atoms with van der Waals surface area (Å²) >= 11 is 0. The van der Waals surface area contributed by atoms with Crippen molar-refractivity contribution in [2.45, 2.75) is 19.9 Å². The molecule has 1 unspecified atom stereocenters. The highest BCUT2D eigenvalue weighted by Crippen LogP contribution is 2.22. The van der Waals surface area contributed by atoms with Crippen molar-refractivity contribution in [3.8, 4) is 0 Å². The smallest absolute Gasteiger partial charge is 0.130 e. The Bertz CT molecular complexity index is 608. The minimum Gasteiger partial charge on any atom is -0.378 e. The second-order valence-electron chi connectivity index (χ2n) is 5.60. The fourth-order valence-electron chi connectivity index (χ4n) is 2.63. The number of hydrogen-bond donors (Lipinski definition) is 1. The van der Waals surface area contributed by atoms with Gasteiger partial charge in [-0.1, -0.05) is 12.1 Å².